The van der Waals surface area contributed by atoms with Gasteiger partial charge in [0.1, 0.15) is 11.6 Å². The Balaban J connectivity index is 1.42. The zero-order valence-electron chi connectivity index (χ0n) is 17.0. The number of hydrogen-bond acceptors (Lipinski definition) is 4. The average Bonchev–Trinajstić information content (AvgIpc) is 3.37. The van der Waals surface area contributed by atoms with Crippen molar-refractivity contribution in [1.29, 1.82) is 0 Å². The Labute approximate surface area is 175 Å². The minimum Gasteiger partial charge on any atom is -0.370 e. The third kappa shape index (κ3) is 3.64. The van der Waals surface area contributed by atoms with Gasteiger partial charge in [-0.05, 0) is 62.8 Å². The summed E-state index contributed by atoms with van der Waals surface area (Å²) in [6, 6.07) is 8.37. The predicted molar refractivity (Wildman–Crippen MR) is 114 cm³/mol. The van der Waals surface area contributed by atoms with Gasteiger partial charge >= 0.3 is 0 Å². The van der Waals surface area contributed by atoms with Crippen LogP contribution in [0, 0.1) is 5.82 Å². The number of rotatable bonds is 6. The van der Waals surface area contributed by atoms with Crippen LogP contribution in [0.25, 0.3) is 16.9 Å². The van der Waals surface area contributed by atoms with E-state index in [-0.39, 0.29) is 11.7 Å². The molecule has 5 rings (SSSR count). The molecule has 0 spiro atoms. The summed E-state index contributed by atoms with van der Waals surface area (Å²) in [4.78, 5) is 18.7. The summed E-state index contributed by atoms with van der Waals surface area (Å²) in [5.41, 5.74) is 4.87. The number of nitrogens with zero attached hydrogens (tertiary/aromatic N) is 4. The van der Waals surface area contributed by atoms with Crippen LogP contribution in [-0.4, -0.2) is 45.0 Å². The maximum atomic E-state index is 13.3. The van der Waals surface area contributed by atoms with Gasteiger partial charge in [0.15, 0.2) is 5.65 Å². The monoisotopic (exact) mass is 407 g/mol. The molecule has 1 aromatic carbocycles. The summed E-state index contributed by atoms with van der Waals surface area (Å²) in [5.74, 6) is 1.03. The molecule has 3 aromatic rings. The van der Waals surface area contributed by atoms with Crippen molar-refractivity contribution in [3.05, 3.63) is 47.4 Å². The van der Waals surface area contributed by atoms with Gasteiger partial charge in [-0.3, -0.25) is 4.79 Å². The first-order chi connectivity index (χ1) is 14.7. The smallest absolute Gasteiger partial charge is 0.222 e. The van der Waals surface area contributed by atoms with E-state index in [1.165, 1.54) is 17.7 Å². The van der Waals surface area contributed by atoms with Gasteiger partial charge in [-0.25, -0.2) is 9.37 Å². The molecule has 3 heterocycles. The Morgan fingerprint density at radius 2 is 1.90 bits per heavy atom. The lowest BCUT2D eigenvalue weighted by atomic mass is 9.96. The number of aryl methyl sites for hydroxylation is 1. The minimum absolute atomic E-state index is 0.255. The van der Waals surface area contributed by atoms with Crippen LogP contribution in [0.5, 0.6) is 0 Å². The molecule has 1 saturated heterocycles. The molecule has 2 aromatic heterocycles. The van der Waals surface area contributed by atoms with Crippen LogP contribution >= 0.6 is 0 Å². The van der Waals surface area contributed by atoms with E-state index in [0.29, 0.717) is 6.42 Å². The first-order valence-corrected chi connectivity index (χ1v) is 10.9. The maximum absolute atomic E-state index is 13.3. The van der Waals surface area contributed by atoms with E-state index in [0.717, 1.165) is 86.6 Å². The van der Waals surface area contributed by atoms with Gasteiger partial charge in [0.05, 0.1) is 5.69 Å². The number of amides is 1. The molecule has 2 aliphatic rings. The Hall–Kier alpha value is -2.96. The number of anilines is 1. The number of hydrogen-bond donors (Lipinski definition) is 1. The largest absolute Gasteiger partial charge is 0.370 e. The molecule has 1 aliphatic carbocycles. The zero-order valence-corrected chi connectivity index (χ0v) is 17.0. The van der Waals surface area contributed by atoms with E-state index < -0.39 is 0 Å². The molecule has 1 N–H and O–H groups in total. The molecule has 30 heavy (non-hydrogen) atoms. The number of halogens is 1. The quantitative estimate of drug-likeness (QED) is 0.631. The van der Waals surface area contributed by atoms with E-state index in [9.17, 15) is 9.18 Å². The number of aromatic nitrogens is 3. The maximum Gasteiger partial charge on any atom is 0.222 e. The van der Waals surface area contributed by atoms with Crippen molar-refractivity contribution >= 4 is 17.4 Å². The first-order valence-electron chi connectivity index (χ1n) is 10.9. The lowest BCUT2D eigenvalue weighted by molar-refractivity contribution is -0.127. The van der Waals surface area contributed by atoms with Gasteiger partial charge in [0, 0.05) is 48.9 Å². The zero-order chi connectivity index (χ0) is 20.5. The third-order valence-corrected chi connectivity index (χ3v) is 6.09. The Morgan fingerprint density at radius 3 is 2.70 bits per heavy atom. The second-order valence-corrected chi connectivity index (χ2v) is 8.16. The molecule has 1 amide bonds. The molecule has 1 aliphatic heterocycles. The molecule has 0 bridgehead atoms. The number of carbonyl (C=O) groups excluding carboxylic acids is 1. The fourth-order valence-electron chi connectivity index (χ4n) is 4.51. The van der Waals surface area contributed by atoms with Gasteiger partial charge in [-0.15, -0.1) is 0 Å². The van der Waals surface area contributed by atoms with E-state index in [4.69, 9.17) is 10.1 Å². The van der Waals surface area contributed by atoms with Gasteiger partial charge in [-0.2, -0.15) is 9.61 Å². The lowest BCUT2D eigenvalue weighted by Gasteiger charge is -2.21. The van der Waals surface area contributed by atoms with Crippen molar-refractivity contribution in [2.24, 2.45) is 0 Å². The molecular formula is C23H26FN5O. The fourth-order valence-corrected chi connectivity index (χ4v) is 4.51. The Kier molecular flexibility index (Phi) is 5.11. The van der Waals surface area contributed by atoms with E-state index in [1.54, 1.807) is 12.1 Å². The topological polar surface area (TPSA) is 62.5 Å². The summed E-state index contributed by atoms with van der Waals surface area (Å²) >= 11 is 0. The highest BCUT2D eigenvalue weighted by Crippen LogP contribution is 2.30. The standard InChI is InChI=1S/C23H26FN5O/c24-17-10-8-16(9-11-17)20-15-21-26-19-6-2-1-5-18(19)23(29(21)27-20)25-12-4-14-28-13-3-7-22(28)30/h8-11,15,25H,1-7,12-14H2. The molecule has 156 valence electrons. The van der Waals surface area contributed by atoms with Gasteiger partial charge in [-0.1, -0.05) is 0 Å². The van der Waals surface area contributed by atoms with Gasteiger partial charge < -0.3 is 10.2 Å². The second kappa shape index (κ2) is 8.05. The molecule has 7 heteroatoms. The van der Waals surface area contributed by atoms with Crippen molar-refractivity contribution in [2.45, 2.75) is 44.9 Å². The average molecular weight is 407 g/mol. The van der Waals surface area contributed by atoms with Crippen LogP contribution in [0.15, 0.2) is 30.3 Å². The van der Waals surface area contributed by atoms with Crippen molar-refractivity contribution < 1.29 is 9.18 Å². The van der Waals surface area contributed by atoms with Gasteiger partial charge in [0.25, 0.3) is 0 Å². The molecular weight excluding hydrogens is 381 g/mol. The normalized spacial score (nSPS) is 16.3. The summed E-state index contributed by atoms with van der Waals surface area (Å²) < 4.78 is 15.2. The number of benzene rings is 1. The molecule has 6 nitrogen and oxygen atoms in total. The van der Waals surface area contributed by atoms with Crippen LogP contribution < -0.4 is 5.32 Å². The molecule has 0 atom stereocenters. The van der Waals surface area contributed by atoms with Gasteiger partial charge in [0.2, 0.25) is 5.91 Å². The summed E-state index contributed by atoms with van der Waals surface area (Å²) in [6.07, 6.45) is 6.86. The van der Waals surface area contributed by atoms with E-state index in [1.807, 2.05) is 15.5 Å². The Morgan fingerprint density at radius 1 is 1.07 bits per heavy atom. The van der Waals surface area contributed by atoms with Crippen molar-refractivity contribution in [3.63, 3.8) is 0 Å². The van der Waals surface area contributed by atoms with Crippen LogP contribution in [0.1, 0.15) is 43.4 Å². The van der Waals surface area contributed by atoms with E-state index in [2.05, 4.69) is 5.32 Å². The lowest BCUT2D eigenvalue weighted by Crippen LogP contribution is -2.27. The highest BCUT2D eigenvalue weighted by molar-refractivity contribution is 5.78. The molecule has 1 fully saturated rings. The third-order valence-electron chi connectivity index (χ3n) is 6.09. The van der Waals surface area contributed by atoms with Crippen molar-refractivity contribution in [1.82, 2.24) is 19.5 Å². The summed E-state index contributed by atoms with van der Waals surface area (Å²) in [6.45, 7) is 2.46. The first kappa shape index (κ1) is 19.0. The van der Waals surface area contributed by atoms with Crippen LogP contribution in [0.3, 0.4) is 0 Å². The summed E-state index contributed by atoms with van der Waals surface area (Å²) in [5, 5.41) is 8.38. The molecule has 0 radical (unpaired) electrons. The van der Waals surface area contributed by atoms with Crippen LogP contribution in [0.2, 0.25) is 0 Å². The highest BCUT2D eigenvalue weighted by atomic mass is 19.1. The SMILES string of the molecule is O=C1CCCN1CCCNc1c2c(nc3cc(-c4ccc(F)cc4)nn13)CCCC2. The van der Waals surface area contributed by atoms with Crippen LogP contribution in [0.4, 0.5) is 10.2 Å². The highest BCUT2D eigenvalue weighted by Gasteiger charge is 2.21. The fraction of sp³-hybridized carbons (Fsp3) is 0.435. The number of nitrogens with one attached hydrogen (secondary N) is 1. The minimum atomic E-state index is -0.255. The van der Waals surface area contributed by atoms with Crippen molar-refractivity contribution in [3.8, 4) is 11.3 Å². The summed E-state index contributed by atoms with van der Waals surface area (Å²) in [7, 11) is 0. The van der Waals surface area contributed by atoms with Crippen LogP contribution in [-0.2, 0) is 17.6 Å². The number of carbonyl (C=O) groups is 1. The number of likely N-dealkylation sites (tertiary alicyclic amines) is 1. The predicted octanol–water partition coefficient (Wildman–Crippen LogP) is 3.84. The number of fused-ring (bicyclic) bond motifs is 2. The molecule has 0 unspecified atom stereocenters. The Bertz CT molecular complexity index is 1080. The van der Waals surface area contributed by atoms with Crippen molar-refractivity contribution in [2.75, 3.05) is 25.0 Å². The second-order valence-electron chi connectivity index (χ2n) is 8.16. The van der Waals surface area contributed by atoms with E-state index >= 15 is 0 Å². The molecule has 0 saturated carbocycles.